The number of carbonyl (C=O) groups excluding carboxylic acids is 3. The summed E-state index contributed by atoms with van der Waals surface area (Å²) in [6.07, 6.45) is 1.39. The Labute approximate surface area is 121 Å². The Morgan fingerprint density at radius 3 is 2.86 bits per heavy atom. The average molecular weight is 294 g/mol. The molecule has 0 bridgehead atoms. The minimum atomic E-state index is -0.556. The van der Waals surface area contributed by atoms with E-state index in [-0.39, 0.29) is 18.2 Å². The summed E-state index contributed by atoms with van der Waals surface area (Å²) < 4.78 is 5.35. The monoisotopic (exact) mass is 294 g/mol. The summed E-state index contributed by atoms with van der Waals surface area (Å²) in [5, 5.41) is 2.63. The van der Waals surface area contributed by atoms with Crippen LogP contribution in [0.5, 0.6) is 0 Å². The lowest BCUT2D eigenvalue weighted by Gasteiger charge is -2.10. The number of nitrogens with zero attached hydrogens (tertiary/aromatic N) is 1. The quantitative estimate of drug-likeness (QED) is 0.315. The molecule has 8 nitrogen and oxygen atoms in total. The molecular formula is C13H18N4O4. The molecule has 1 unspecified atom stereocenters. The highest BCUT2D eigenvalue weighted by Crippen LogP contribution is 2.19. The maximum atomic E-state index is 12.1. The van der Waals surface area contributed by atoms with E-state index < -0.39 is 18.0 Å². The van der Waals surface area contributed by atoms with Crippen molar-refractivity contribution in [3.63, 3.8) is 0 Å². The molecule has 2 heterocycles. The van der Waals surface area contributed by atoms with E-state index in [1.165, 1.54) is 0 Å². The van der Waals surface area contributed by atoms with Gasteiger partial charge in [0.05, 0.1) is 6.54 Å². The number of carbonyl (C=O) groups is 3. The van der Waals surface area contributed by atoms with Gasteiger partial charge in [-0.2, -0.15) is 0 Å². The zero-order valence-corrected chi connectivity index (χ0v) is 11.9. The Kier molecular flexibility index (Phi) is 4.27. The van der Waals surface area contributed by atoms with Crippen molar-refractivity contribution in [1.29, 1.82) is 0 Å². The average Bonchev–Trinajstić information content (AvgIpc) is 2.94. The molecule has 0 spiro atoms. The Morgan fingerprint density at radius 2 is 2.24 bits per heavy atom. The topological polar surface area (TPSA) is 118 Å². The number of nitrogens with one attached hydrogen (secondary N) is 2. The van der Waals surface area contributed by atoms with Gasteiger partial charge in [0.1, 0.15) is 11.8 Å². The van der Waals surface area contributed by atoms with Crippen molar-refractivity contribution in [2.75, 3.05) is 0 Å². The fourth-order valence-electron chi connectivity index (χ4n) is 2.28. The van der Waals surface area contributed by atoms with Gasteiger partial charge in [0.2, 0.25) is 0 Å². The van der Waals surface area contributed by atoms with Crippen molar-refractivity contribution in [3.8, 4) is 0 Å². The van der Waals surface area contributed by atoms with Crippen molar-refractivity contribution >= 4 is 17.8 Å². The van der Waals surface area contributed by atoms with Crippen molar-refractivity contribution in [3.05, 3.63) is 23.2 Å². The van der Waals surface area contributed by atoms with Gasteiger partial charge in [0.15, 0.2) is 5.76 Å². The maximum absolute atomic E-state index is 12.1. The van der Waals surface area contributed by atoms with Crippen LogP contribution in [0.2, 0.25) is 0 Å². The molecule has 0 saturated carbocycles. The molecule has 1 atom stereocenters. The number of rotatable bonds is 5. The number of nitrogens with two attached hydrogens (primary N) is 1. The summed E-state index contributed by atoms with van der Waals surface area (Å²) in [5.41, 5.74) is 2.57. The van der Waals surface area contributed by atoms with Crippen LogP contribution in [0.3, 0.4) is 0 Å². The highest BCUT2D eigenvalue weighted by molar-refractivity contribution is 6.04. The first kappa shape index (κ1) is 15.0. The molecule has 4 amide bonds. The van der Waals surface area contributed by atoms with E-state index in [2.05, 4.69) is 5.32 Å². The highest BCUT2D eigenvalue weighted by Gasteiger charge is 2.37. The van der Waals surface area contributed by atoms with Gasteiger partial charge in [0, 0.05) is 5.56 Å². The standard InChI is InChI=1S/C13H18N4O4/c1-3-4-9-12(19)17(13(20)15-9)6-8-5-7(2)10(21-8)11(18)16-14/h5,9H,3-4,6,14H2,1-2H3,(H,15,20)(H,16,18). The fourth-order valence-corrected chi connectivity index (χ4v) is 2.28. The lowest BCUT2D eigenvalue weighted by Crippen LogP contribution is -2.31. The normalized spacial score (nSPS) is 18.0. The van der Waals surface area contributed by atoms with Gasteiger partial charge in [-0.3, -0.25) is 19.9 Å². The van der Waals surface area contributed by atoms with E-state index >= 15 is 0 Å². The number of imide groups is 1. The van der Waals surface area contributed by atoms with Crippen LogP contribution in [-0.2, 0) is 11.3 Å². The van der Waals surface area contributed by atoms with Crippen LogP contribution in [0.1, 0.15) is 41.6 Å². The third kappa shape index (κ3) is 2.89. The first-order valence-electron chi connectivity index (χ1n) is 6.70. The number of nitrogen functional groups attached to an aromatic ring is 1. The molecule has 114 valence electrons. The summed E-state index contributed by atoms with van der Waals surface area (Å²) in [4.78, 5) is 36.4. The van der Waals surface area contributed by atoms with Crippen LogP contribution in [0, 0.1) is 6.92 Å². The Balaban J connectivity index is 2.13. The van der Waals surface area contributed by atoms with E-state index in [4.69, 9.17) is 10.3 Å². The second-order valence-electron chi connectivity index (χ2n) is 4.91. The Bertz CT molecular complexity index is 581. The largest absolute Gasteiger partial charge is 0.454 e. The number of furan rings is 1. The molecule has 1 aromatic heterocycles. The first-order valence-corrected chi connectivity index (χ1v) is 6.70. The lowest BCUT2D eigenvalue weighted by molar-refractivity contribution is -0.128. The van der Waals surface area contributed by atoms with Crippen LogP contribution in [-0.4, -0.2) is 28.8 Å². The fraction of sp³-hybridized carbons (Fsp3) is 0.462. The number of hydrogen-bond donors (Lipinski definition) is 3. The minimum Gasteiger partial charge on any atom is -0.454 e. The zero-order valence-electron chi connectivity index (χ0n) is 11.9. The number of hydrazine groups is 1. The van der Waals surface area contributed by atoms with Gasteiger partial charge < -0.3 is 9.73 Å². The van der Waals surface area contributed by atoms with Crippen molar-refractivity contribution in [2.45, 2.75) is 39.3 Å². The summed E-state index contributed by atoms with van der Waals surface area (Å²) in [5.74, 6) is 4.65. The molecule has 8 heteroatoms. The molecule has 1 fully saturated rings. The molecule has 21 heavy (non-hydrogen) atoms. The number of hydrogen-bond acceptors (Lipinski definition) is 5. The first-order chi connectivity index (χ1) is 9.97. The predicted molar refractivity (Wildman–Crippen MR) is 72.9 cm³/mol. The lowest BCUT2D eigenvalue weighted by atomic mass is 10.1. The van der Waals surface area contributed by atoms with E-state index in [0.717, 1.165) is 11.3 Å². The molecule has 0 aliphatic carbocycles. The zero-order chi connectivity index (χ0) is 15.6. The third-order valence-electron chi connectivity index (χ3n) is 3.30. The number of amides is 4. The van der Waals surface area contributed by atoms with Gasteiger partial charge in [-0.15, -0.1) is 0 Å². The maximum Gasteiger partial charge on any atom is 0.325 e. The molecule has 0 radical (unpaired) electrons. The molecule has 2 rings (SSSR count). The molecule has 1 aromatic rings. The number of urea groups is 1. The third-order valence-corrected chi connectivity index (χ3v) is 3.30. The Hall–Kier alpha value is -2.35. The van der Waals surface area contributed by atoms with Gasteiger partial charge in [-0.25, -0.2) is 10.6 Å². The van der Waals surface area contributed by atoms with E-state index in [0.29, 0.717) is 17.7 Å². The van der Waals surface area contributed by atoms with Crippen molar-refractivity contribution in [1.82, 2.24) is 15.6 Å². The number of aryl methyl sites for hydroxylation is 1. The smallest absolute Gasteiger partial charge is 0.325 e. The molecule has 0 aromatic carbocycles. The second-order valence-corrected chi connectivity index (χ2v) is 4.91. The minimum absolute atomic E-state index is 0.0103. The summed E-state index contributed by atoms with van der Waals surface area (Å²) in [6, 6.07) is 0.681. The second kappa shape index (κ2) is 5.96. The van der Waals surface area contributed by atoms with Gasteiger partial charge in [-0.1, -0.05) is 13.3 Å². The molecule has 1 saturated heterocycles. The highest BCUT2D eigenvalue weighted by atomic mass is 16.4. The van der Waals surface area contributed by atoms with E-state index in [1.54, 1.807) is 13.0 Å². The van der Waals surface area contributed by atoms with Crippen LogP contribution in [0.4, 0.5) is 4.79 Å². The molecule has 4 N–H and O–H groups in total. The van der Waals surface area contributed by atoms with Crippen molar-refractivity contribution in [2.24, 2.45) is 5.84 Å². The molecule has 1 aliphatic rings. The summed E-state index contributed by atoms with van der Waals surface area (Å²) in [6.45, 7) is 3.61. The van der Waals surface area contributed by atoms with Crippen LogP contribution in [0.15, 0.2) is 10.5 Å². The van der Waals surface area contributed by atoms with Gasteiger partial charge in [0.25, 0.3) is 5.91 Å². The molecular weight excluding hydrogens is 276 g/mol. The van der Waals surface area contributed by atoms with E-state index in [9.17, 15) is 14.4 Å². The van der Waals surface area contributed by atoms with Crippen molar-refractivity contribution < 1.29 is 18.8 Å². The Morgan fingerprint density at radius 1 is 1.52 bits per heavy atom. The van der Waals surface area contributed by atoms with Crippen LogP contribution in [0.25, 0.3) is 0 Å². The van der Waals surface area contributed by atoms with Gasteiger partial charge in [-0.05, 0) is 19.4 Å². The SMILES string of the molecule is CCCC1NC(=O)N(Cc2cc(C)c(C(=O)NN)o2)C1=O. The van der Waals surface area contributed by atoms with Gasteiger partial charge >= 0.3 is 11.9 Å². The predicted octanol–water partition coefficient (Wildman–Crippen LogP) is 0.412. The van der Waals surface area contributed by atoms with E-state index in [1.807, 2.05) is 12.3 Å². The van der Waals surface area contributed by atoms with Crippen LogP contribution >= 0.6 is 0 Å². The summed E-state index contributed by atoms with van der Waals surface area (Å²) >= 11 is 0. The van der Waals surface area contributed by atoms with Crippen LogP contribution < -0.4 is 16.6 Å². The molecule has 1 aliphatic heterocycles. The summed E-state index contributed by atoms with van der Waals surface area (Å²) in [7, 11) is 0.